The van der Waals surface area contributed by atoms with Gasteiger partial charge < -0.3 is 11.5 Å². The number of hydrogen-bond acceptors (Lipinski definition) is 2. The second-order valence-electron chi connectivity index (χ2n) is 3.86. The molecule has 0 saturated heterocycles. The van der Waals surface area contributed by atoms with Gasteiger partial charge in [0.15, 0.2) is 0 Å². The molecule has 2 rings (SSSR count). The van der Waals surface area contributed by atoms with Gasteiger partial charge in [0.2, 0.25) is 0 Å². The number of hydrogen-bond donors (Lipinski definition) is 2. The van der Waals surface area contributed by atoms with Crippen molar-refractivity contribution in [2.45, 2.75) is 0 Å². The zero-order chi connectivity index (χ0) is 12.8. The second-order valence-corrected chi connectivity index (χ2v) is 3.86. The first-order valence-electron chi connectivity index (χ1n) is 5.66. The number of rotatable bonds is 3. The molecular formula is C15H17Cl2N3. The summed E-state index contributed by atoms with van der Waals surface area (Å²) in [5.74, 6) is 0.502. The number of amidine groups is 1. The Balaban J connectivity index is 0.00000180. The van der Waals surface area contributed by atoms with Crippen molar-refractivity contribution in [1.82, 2.24) is 0 Å². The van der Waals surface area contributed by atoms with Crippen LogP contribution in [-0.4, -0.2) is 5.84 Å². The summed E-state index contributed by atoms with van der Waals surface area (Å²) in [6.45, 7) is 0. The summed E-state index contributed by atoms with van der Waals surface area (Å²) >= 11 is 0. The summed E-state index contributed by atoms with van der Waals surface area (Å²) in [4.78, 5) is 4.19. The predicted molar refractivity (Wildman–Crippen MR) is 91.6 cm³/mol. The molecule has 0 unspecified atom stereocenters. The van der Waals surface area contributed by atoms with E-state index in [1.165, 1.54) is 0 Å². The molecule has 2 aromatic rings. The molecule has 0 atom stereocenters. The molecule has 0 radical (unpaired) electrons. The van der Waals surface area contributed by atoms with Gasteiger partial charge in [-0.2, -0.15) is 0 Å². The summed E-state index contributed by atoms with van der Waals surface area (Å²) in [5, 5.41) is 0. The van der Waals surface area contributed by atoms with Crippen molar-refractivity contribution in [3.63, 3.8) is 0 Å². The number of halogens is 2. The highest BCUT2D eigenvalue weighted by Crippen LogP contribution is 2.07. The third kappa shape index (κ3) is 5.34. The molecule has 5 heteroatoms. The number of aliphatic imine (C=N–C) groups is 1. The Morgan fingerprint density at radius 1 is 0.900 bits per heavy atom. The molecule has 3 nitrogen and oxygen atoms in total. The third-order valence-corrected chi connectivity index (χ3v) is 2.49. The number of anilines is 1. The van der Waals surface area contributed by atoms with E-state index >= 15 is 0 Å². The van der Waals surface area contributed by atoms with E-state index in [0.717, 1.165) is 16.8 Å². The van der Waals surface area contributed by atoms with Gasteiger partial charge in [-0.05, 0) is 23.8 Å². The number of nitrogens with zero attached hydrogens (tertiary/aromatic N) is 1. The maximum Gasteiger partial charge on any atom is 0.130 e. The maximum atomic E-state index is 5.86. The van der Waals surface area contributed by atoms with Crippen molar-refractivity contribution in [2.24, 2.45) is 10.7 Å². The van der Waals surface area contributed by atoms with Gasteiger partial charge in [-0.15, -0.1) is 24.8 Å². The van der Waals surface area contributed by atoms with Gasteiger partial charge in [0.05, 0.1) is 0 Å². The summed E-state index contributed by atoms with van der Waals surface area (Å²) in [6, 6.07) is 17.2. The van der Waals surface area contributed by atoms with Crippen LogP contribution in [0.4, 0.5) is 5.69 Å². The lowest BCUT2D eigenvalue weighted by molar-refractivity contribution is 1.47. The Kier molecular flexibility index (Phi) is 8.13. The van der Waals surface area contributed by atoms with Crippen LogP contribution in [0.1, 0.15) is 11.1 Å². The Morgan fingerprint density at radius 2 is 1.50 bits per heavy atom. The normalized spacial score (nSPS) is 10.7. The molecular weight excluding hydrogens is 293 g/mol. The van der Waals surface area contributed by atoms with Gasteiger partial charge in [0, 0.05) is 17.5 Å². The molecule has 0 saturated carbocycles. The molecule has 2 aromatic carbocycles. The molecule has 0 aliphatic heterocycles. The van der Waals surface area contributed by atoms with Crippen LogP contribution in [-0.2, 0) is 0 Å². The van der Waals surface area contributed by atoms with Crippen molar-refractivity contribution in [3.8, 4) is 0 Å². The SMILES string of the molecule is Cl.Cl.NC(=N/C=C/c1ccc(N)cc1)c1ccccc1. The van der Waals surface area contributed by atoms with Crippen LogP contribution in [0, 0.1) is 0 Å². The first-order chi connectivity index (χ1) is 8.75. The van der Waals surface area contributed by atoms with Gasteiger partial charge in [-0.3, -0.25) is 0 Å². The van der Waals surface area contributed by atoms with Gasteiger partial charge >= 0.3 is 0 Å². The highest BCUT2D eigenvalue weighted by molar-refractivity contribution is 5.97. The highest BCUT2D eigenvalue weighted by atomic mass is 35.5. The van der Waals surface area contributed by atoms with E-state index in [9.17, 15) is 0 Å². The van der Waals surface area contributed by atoms with Crippen LogP contribution in [0.15, 0.2) is 65.8 Å². The summed E-state index contributed by atoms with van der Waals surface area (Å²) in [5.41, 5.74) is 14.2. The van der Waals surface area contributed by atoms with Crippen molar-refractivity contribution < 1.29 is 0 Å². The minimum Gasteiger partial charge on any atom is -0.399 e. The Morgan fingerprint density at radius 3 is 2.10 bits per heavy atom. The van der Waals surface area contributed by atoms with Crippen molar-refractivity contribution in [2.75, 3.05) is 5.73 Å². The van der Waals surface area contributed by atoms with Crippen molar-refractivity contribution in [3.05, 3.63) is 71.9 Å². The quantitative estimate of drug-likeness (QED) is 0.518. The van der Waals surface area contributed by atoms with Crippen LogP contribution in [0.5, 0.6) is 0 Å². The zero-order valence-electron chi connectivity index (χ0n) is 10.8. The fourth-order valence-corrected chi connectivity index (χ4v) is 1.49. The smallest absolute Gasteiger partial charge is 0.130 e. The summed E-state index contributed by atoms with van der Waals surface area (Å²) in [6.07, 6.45) is 3.57. The number of nitrogen functional groups attached to an aromatic ring is 1. The standard InChI is InChI=1S/C15H15N3.2ClH/c16-14-8-6-12(7-9-14)10-11-18-15(17)13-4-2-1-3-5-13;;/h1-11H,16H2,(H2,17,18);2*1H/b11-10+;;. The molecule has 106 valence electrons. The van der Waals surface area contributed by atoms with Crippen molar-refractivity contribution in [1.29, 1.82) is 0 Å². The predicted octanol–water partition coefficient (Wildman–Crippen LogP) is 3.49. The minimum absolute atomic E-state index is 0. The zero-order valence-corrected chi connectivity index (χ0v) is 12.4. The fraction of sp³-hybridized carbons (Fsp3) is 0. The minimum atomic E-state index is 0. The van der Waals surface area contributed by atoms with E-state index in [2.05, 4.69) is 4.99 Å². The molecule has 4 N–H and O–H groups in total. The van der Waals surface area contributed by atoms with E-state index in [4.69, 9.17) is 11.5 Å². The average molecular weight is 310 g/mol. The Hall–Kier alpha value is -1.97. The maximum absolute atomic E-state index is 5.86. The van der Waals surface area contributed by atoms with Crippen LogP contribution < -0.4 is 11.5 Å². The van der Waals surface area contributed by atoms with Crippen LogP contribution in [0.3, 0.4) is 0 Å². The largest absolute Gasteiger partial charge is 0.399 e. The lowest BCUT2D eigenvalue weighted by Gasteiger charge is -1.97. The lowest BCUT2D eigenvalue weighted by Crippen LogP contribution is -2.12. The molecule has 0 fully saturated rings. The van der Waals surface area contributed by atoms with Crippen molar-refractivity contribution >= 4 is 42.4 Å². The van der Waals surface area contributed by atoms with E-state index < -0.39 is 0 Å². The van der Waals surface area contributed by atoms with Gasteiger partial charge in [0.25, 0.3) is 0 Å². The molecule has 0 spiro atoms. The Labute approximate surface area is 131 Å². The lowest BCUT2D eigenvalue weighted by atomic mass is 10.2. The monoisotopic (exact) mass is 309 g/mol. The highest BCUT2D eigenvalue weighted by Gasteiger charge is 1.93. The van der Waals surface area contributed by atoms with Crippen LogP contribution in [0.2, 0.25) is 0 Å². The molecule has 0 bridgehead atoms. The van der Waals surface area contributed by atoms with Gasteiger partial charge in [-0.1, -0.05) is 42.5 Å². The first-order valence-corrected chi connectivity index (χ1v) is 5.66. The number of nitrogens with two attached hydrogens (primary N) is 2. The molecule has 0 aliphatic rings. The van der Waals surface area contributed by atoms with E-state index in [1.807, 2.05) is 60.7 Å². The van der Waals surface area contributed by atoms with E-state index in [-0.39, 0.29) is 24.8 Å². The van der Waals surface area contributed by atoms with Crippen LogP contribution >= 0.6 is 24.8 Å². The summed E-state index contributed by atoms with van der Waals surface area (Å²) < 4.78 is 0. The fourth-order valence-electron chi connectivity index (χ4n) is 1.49. The number of benzene rings is 2. The summed E-state index contributed by atoms with van der Waals surface area (Å²) in [7, 11) is 0. The Bertz CT molecular complexity index is 563. The average Bonchev–Trinajstić information content (AvgIpc) is 2.42. The topological polar surface area (TPSA) is 64.4 Å². The van der Waals surface area contributed by atoms with Gasteiger partial charge in [0.1, 0.15) is 5.84 Å². The van der Waals surface area contributed by atoms with Gasteiger partial charge in [-0.25, -0.2) is 4.99 Å². The van der Waals surface area contributed by atoms with E-state index in [0.29, 0.717) is 5.84 Å². The second kappa shape index (κ2) is 9.02. The van der Waals surface area contributed by atoms with Crippen LogP contribution in [0.25, 0.3) is 6.08 Å². The molecule has 0 heterocycles. The molecule has 0 aromatic heterocycles. The molecule has 0 aliphatic carbocycles. The molecule has 20 heavy (non-hydrogen) atoms. The third-order valence-electron chi connectivity index (χ3n) is 2.49. The molecule has 0 amide bonds. The van der Waals surface area contributed by atoms with E-state index in [1.54, 1.807) is 6.20 Å². The first kappa shape index (κ1) is 18.0.